The third kappa shape index (κ3) is 5.12. The third-order valence-corrected chi connectivity index (χ3v) is 7.77. The molecule has 2 saturated heterocycles. The zero-order valence-electron chi connectivity index (χ0n) is 18.4. The molecule has 2 aliphatic rings. The fourth-order valence-electron chi connectivity index (χ4n) is 3.87. The number of rotatable bonds is 5. The van der Waals surface area contributed by atoms with Gasteiger partial charge >= 0.3 is 6.09 Å². The molecule has 2 fully saturated rings. The Morgan fingerprint density at radius 1 is 1.03 bits per heavy atom. The molecule has 9 nitrogen and oxygen atoms in total. The highest BCUT2D eigenvalue weighted by molar-refractivity contribution is 7.89. The first-order valence-electron chi connectivity index (χ1n) is 10.7. The van der Waals surface area contributed by atoms with Crippen molar-refractivity contribution in [1.29, 1.82) is 0 Å². The zero-order valence-corrected chi connectivity index (χ0v) is 19.2. The lowest BCUT2D eigenvalue weighted by atomic mass is 9.98. The summed E-state index contributed by atoms with van der Waals surface area (Å²) in [5.74, 6) is 0.716. The number of nitrogens with zero attached hydrogens (tertiary/aromatic N) is 3. The number of sulfonamides is 1. The van der Waals surface area contributed by atoms with E-state index in [0.29, 0.717) is 24.8 Å². The quantitative estimate of drug-likeness (QED) is 0.677. The lowest BCUT2D eigenvalue weighted by Crippen LogP contribution is -2.50. The zero-order chi connectivity index (χ0) is 22.6. The number of carbonyl (C=O) groups is 2. The van der Waals surface area contributed by atoms with Crippen LogP contribution in [0.5, 0.6) is 5.75 Å². The van der Waals surface area contributed by atoms with Gasteiger partial charge in [-0.05, 0) is 43.9 Å². The monoisotopic (exact) mass is 453 g/mol. The Hall–Kier alpha value is -2.33. The first kappa shape index (κ1) is 23.3. The van der Waals surface area contributed by atoms with Crippen molar-refractivity contribution in [3.63, 3.8) is 0 Å². The van der Waals surface area contributed by atoms with Gasteiger partial charge in [0, 0.05) is 39.3 Å². The normalized spacial score (nSPS) is 18.7. The van der Waals surface area contributed by atoms with Crippen molar-refractivity contribution in [2.75, 3.05) is 53.0 Å². The first-order chi connectivity index (χ1) is 14.8. The highest BCUT2D eigenvalue weighted by Crippen LogP contribution is 2.28. The molecule has 0 N–H and O–H groups in total. The minimum Gasteiger partial charge on any atom is -0.496 e. The van der Waals surface area contributed by atoms with Crippen LogP contribution in [-0.2, 0) is 14.8 Å². The van der Waals surface area contributed by atoms with Gasteiger partial charge < -0.3 is 19.3 Å². The molecule has 2 amide bonds. The van der Waals surface area contributed by atoms with Crippen LogP contribution in [0, 0.1) is 5.92 Å². The Labute approximate surface area is 183 Å². The van der Waals surface area contributed by atoms with E-state index in [4.69, 9.17) is 9.47 Å². The van der Waals surface area contributed by atoms with Gasteiger partial charge in [0.15, 0.2) is 0 Å². The van der Waals surface area contributed by atoms with Gasteiger partial charge in [-0.3, -0.25) is 4.79 Å². The van der Waals surface area contributed by atoms with Gasteiger partial charge in [-0.15, -0.1) is 0 Å². The third-order valence-electron chi connectivity index (χ3n) is 5.87. The van der Waals surface area contributed by atoms with E-state index in [2.05, 4.69) is 6.92 Å². The minimum atomic E-state index is -3.82. The number of amides is 2. The van der Waals surface area contributed by atoms with Crippen LogP contribution in [0.25, 0.3) is 0 Å². The fraction of sp³-hybridized carbons (Fsp3) is 0.619. The highest BCUT2D eigenvalue weighted by Gasteiger charge is 2.32. The summed E-state index contributed by atoms with van der Waals surface area (Å²) in [5.41, 5.74) is 0.253. The van der Waals surface area contributed by atoms with Crippen LogP contribution < -0.4 is 4.74 Å². The van der Waals surface area contributed by atoms with Gasteiger partial charge in [0.2, 0.25) is 10.0 Å². The lowest BCUT2D eigenvalue weighted by Gasteiger charge is -2.33. The Morgan fingerprint density at radius 3 is 2.26 bits per heavy atom. The van der Waals surface area contributed by atoms with Crippen molar-refractivity contribution < 1.29 is 27.5 Å². The smallest absolute Gasteiger partial charge is 0.409 e. The topological polar surface area (TPSA) is 96.5 Å². The average molecular weight is 454 g/mol. The molecule has 10 heteroatoms. The SMILES string of the molecule is CCOC(=O)N1CCN(S(=O)(=O)c2ccc(OC)c(C(=O)N3CCC(C)CC3)c2)CC1. The molecule has 0 atom stereocenters. The summed E-state index contributed by atoms with van der Waals surface area (Å²) in [6, 6.07) is 4.40. The molecular formula is C21H31N3O6S. The number of benzene rings is 1. The summed E-state index contributed by atoms with van der Waals surface area (Å²) < 4.78 is 38.1. The summed E-state index contributed by atoms with van der Waals surface area (Å²) >= 11 is 0. The van der Waals surface area contributed by atoms with E-state index in [1.807, 2.05) is 0 Å². The van der Waals surface area contributed by atoms with Crippen molar-refractivity contribution in [3.05, 3.63) is 23.8 Å². The summed E-state index contributed by atoms with van der Waals surface area (Å²) in [6.07, 6.45) is 1.42. The number of hydrogen-bond acceptors (Lipinski definition) is 6. The molecule has 0 unspecified atom stereocenters. The number of methoxy groups -OCH3 is 1. The molecule has 1 aromatic carbocycles. The molecular weight excluding hydrogens is 422 g/mol. The molecule has 0 aliphatic carbocycles. The van der Waals surface area contributed by atoms with E-state index in [9.17, 15) is 18.0 Å². The van der Waals surface area contributed by atoms with Crippen LogP contribution in [0.2, 0.25) is 0 Å². The molecule has 0 radical (unpaired) electrons. The molecule has 1 aromatic rings. The summed E-state index contributed by atoms with van der Waals surface area (Å²) in [5, 5.41) is 0. The van der Waals surface area contributed by atoms with Crippen LogP contribution in [0.3, 0.4) is 0 Å². The summed E-state index contributed by atoms with van der Waals surface area (Å²) in [4.78, 5) is 28.3. The van der Waals surface area contributed by atoms with Gasteiger partial charge in [0.05, 0.1) is 24.2 Å². The van der Waals surface area contributed by atoms with E-state index < -0.39 is 16.1 Å². The average Bonchev–Trinajstić information content (AvgIpc) is 2.79. The molecule has 172 valence electrons. The minimum absolute atomic E-state index is 0.0478. The maximum absolute atomic E-state index is 13.2. The van der Waals surface area contributed by atoms with Gasteiger partial charge in [-0.2, -0.15) is 4.31 Å². The van der Waals surface area contributed by atoms with Gasteiger partial charge in [0.1, 0.15) is 5.75 Å². The first-order valence-corrected chi connectivity index (χ1v) is 12.1. The van der Waals surface area contributed by atoms with Gasteiger partial charge in [-0.25, -0.2) is 13.2 Å². The molecule has 31 heavy (non-hydrogen) atoms. The van der Waals surface area contributed by atoms with Crippen LogP contribution in [0.15, 0.2) is 23.1 Å². The Balaban J connectivity index is 1.78. The molecule has 0 bridgehead atoms. The van der Waals surface area contributed by atoms with Crippen LogP contribution in [0.4, 0.5) is 4.79 Å². The van der Waals surface area contributed by atoms with Crippen molar-refractivity contribution in [2.45, 2.75) is 31.6 Å². The maximum atomic E-state index is 13.2. The van der Waals surface area contributed by atoms with E-state index >= 15 is 0 Å². The van der Waals surface area contributed by atoms with E-state index in [0.717, 1.165) is 12.8 Å². The number of likely N-dealkylation sites (tertiary alicyclic amines) is 1. The molecule has 2 heterocycles. The second kappa shape index (κ2) is 9.86. The Bertz CT molecular complexity index is 904. The second-order valence-corrected chi connectivity index (χ2v) is 9.86. The molecule has 0 spiro atoms. The second-order valence-electron chi connectivity index (χ2n) is 7.93. The van der Waals surface area contributed by atoms with Gasteiger partial charge in [-0.1, -0.05) is 6.92 Å². The van der Waals surface area contributed by atoms with E-state index in [-0.39, 0.29) is 49.2 Å². The van der Waals surface area contributed by atoms with Crippen molar-refractivity contribution >= 4 is 22.0 Å². The molecule has 0 saturated carbocycles. The van der Waals surface area contributed by atoms with E-state index in [1.54, 1.807) is 11.8 Å². The van der Waals surface area contributed by atoms with Crippen LogP contribution in [0.1, 0.15) is 37.0 Å². The molecule has 0 aromatic heterocycles. The van der Waals surface area contributed by atoms with Crippen molar-refractivity contribution in [2.24, 2.45) is 5.92 Å². The van der Waals surface area contributed by atoms with Crippen LogP contribution >= 0.6 is 0 Å². The molecule has 2 aliphatic heterocycles. The highest BCUT2D eigenvalue weighted by atomic mass is 32.2. The lowest BCUT2D eigenvalue weighted by molar-refractivity contribution is 0.0693. The van der Waals surface area contributed by atoms with Gasteiger partial charge in [0.25, 0.3) is 5.91 Å². The standard InChI is InChI=1S/C21H31N3O6S/c1-4-30-21(26)23-11-13-24(14-12-23)31(27,28)17-5-6-19(29-3)18(15-17)20(25)22-9-7-16(2)8-10-22/h5-6,15-16H,4,7-14H2,1-3H3. The van der Waals surface area contributed by atoms with Crippen molar-refractivity contribution in [1.82, 2.24) is 14.1 Å². The number of carbonyl (C=O) groups excluding carboxylic acids is 2. The molecule has 3 rings (SSSR count). The predicted molar refractivity (Wildman–Crippen MR) is 115 cm³/mol. The Kier molecular flexibility index (Phi) is 7.42. The van der Waals surface area contributed by atoms with E-state index in [1.165, 1.54) is 34.5 Å². The number of piperazine rings is 1. The number of hydrogen-bond donors (Lipinski definition) is 0. The Morgan fingerprint density at radius 2 is 1.68 bits per heavy atom. The predicted octanol–water partition coefficient (Wildman–Crippen LogP) is 2.03. The fourth-order valence-corrected chi connectivity index (χ4v) is 5.32. The summed E-state index contributed by atoms with van der Waals surface area (Å²) in [6.45, 7) is 6.31. The number of piperidine rings is 1. The van der Waals surface area contributed by atoms with Crippen molar-refractivity contribution in [3.8, 4) is 5.75 Å². The number of ether oxygens (including phenoxy) is 2. The maximum Gasteiger partial charge on any atom is 0.409 e. The van der Waals surface area contributed by atoms with Crippen LogP contribution in [-0.4, -0.2) is 87.5 Å². The largest absolute Gasteiger partial charge is 0.496 e. The summed E-state index contributed by atoms with van der Waals surface area (Å²) in [7, 11) is -2.35.